The van der Waals surface area contributed by atoms with Gasteiger partial charge >= 0.3 is 12.1 Å². The van der Waals surface area contributed by atoms with Crippen LogP contribution in [-0.2, 0) is 30.1 Å². The van der Waals surface area contributed by atoms with Crippen molar-refractivity contribution in [1.82, 2.24) is 4.90 Å². The molecule has 1 saturated heterocycles. The van der Waals surface area contributed by atoms with E-state index in [1.54, 1.807) is 4.90 Å². The Morgan fingerprint density at radius 1 is 1.19 bits per heavy atom. The standard InChI is InChI=1S/C20H22F3N3O5/c1-10(2)25-8-12(6-17(25)28)19(30)31-11(3)18(29)26-9-16(27)24-14-7-13(20(21,22)23)4-5-15(14)26/h4-5,7,10-12H,6,8-9H2,1-3H3,(H,24,27). The van der Waals surface area contributed by atoms with Gasteiger partial charge in [0.2, 0.25) is 11.8 Å². The molecule has 1 aromatic rings. The lowest BCUT2D eigenvalue weighted by atomic mass is 10.1. The maximum Gasteiger partial charge on any atom is 0.416 e. The first-order chi connectivity index (χ1) is 14.4. The average Bonchev–Trinajstić information content (AvgIpc) is 3.07. The quantitative estimate of drug-likeness (QED) is 0.723. The van der Waals surface area contributed by atoms with Gasteiger partial charge in [-0.2, -0.15) is 13.2 Å². The van der Waals surface area contributed by atoms with Crippen molar-refractivity contribution >= 4 is 35.1 Å². The smallest absolute Gasteiger partial charge is 0.416 e. The van der Waals surface area contributed by atoms with Crippen LogP contribution in [0, 0.1) is 5.92 Å². The molecule has 168 valence electrons. The molecule has 11 heteroatoms. The molecule has 3 rings (SSSR count). The highest BCUT2D eigenvalue weighted by atomic mass is 19.4. The lowest BCUT2D eigenvalue weighted by Gasteiger charge is -2.31. The molecule has 0 radical (unpaired) electrons. The molecule has 2 heterocycles. The summed E-state index contributed by atoms with van der Waals surface area (Å²) in [7, 11) is 0. The number of benzene rings is 1. The zero-order valence-corrected chi connectivity index (χ0v) is 17.2. The number of rotatable bonds is 4. The highest BCUT2D eigenvalue weighted by Crippen LogP contribution is 2.37. The normalized spacial score (nSPS) is 19.9. The van der Waals surface area contributed by atoms with Crippen LogP contribution >= 0.6 is 0 Å². The van der Waals surface area contributed by atoms with Gasteiger partial charge in [-0.15, -0.1) is 0 Å². The molecule has 2 unspecified atom stereocenters. The van der Waals surface area contributed by atoms with Crippen LogP contribution in [0.2, 0.25) is 0 Å². The van der Waals surface area contributed by atoms with Crippen LogP contribution in [0.25, 0.3) is 0 Å². The first-order valence-electron chi connectivity index (χ1n) is 9.71. The van der Waals surface area contributed by atoms with E-state index in [0.29, 0.717) is 0 Å². The summed E-state index contributed by atoms with van der Waals surface area (Å²) < 4.78 is 44.1. The fourth-order valence-electron chi connectivity index (χ4n) is 3.59. The van der Waals surface area contributed by atoms with Crippen LogP contribution in [0.3, 0.4) is 0 Å². The monoisotopic (exact) mass is 441 g/mol. The molecule has 3 amide bonds. The number of amides is 3. The molecule has 1 aromatic carbocycles. The predicted octanol–water partition coefficient (Wildman–Crippen LogP) is 2.18. The number of nitrogens with one attached hydrogen (secondary N) is 1. The maximum absolute atomic E-state index is 13.0. The molecule has 2 atom stereocenters. The van der Waals surface area contributed by atoms with E-state index in [1.807, 2.05) is 13.8 Å². The Bertz CT molecular complexity index is 931. The van der Waals surface area contributed by atoms with Gasteiger partial charge in [0.25, 0.3) is 5.91 Å². The van der Waals surface area contributed by atoms with Crippen molar-refractivity contribution in [3.63, 3.8) is 0 Å². The number of fused-ring (bicyclic) bond motifs is 1. The highest BCUT2D eigenvalue weighted by Gasteiger charge is 2.39. The lowest BCUT2D eigenvalue weighted by Crippen LogP contribution is -2.47. The van der Waals surface area contributed by atoms with Crippen molar-refractivity contribution in [2.24, 2.45) is 5.92 Å². The van der Waals surface area contributed by atoms with Gasteiger partial charge in [-0.3, -0.25) is 24.1 Å². The van der Waals surface area contributed by atoms with E-state index >= 15 is 0 Å². The number of halogens is 3. The number of alkyl halides is 3. The fourth-order valence-corrected chi connectivity index (χ4v) is 3.59. The van der Waals surface area contributed by atoms with Crippen molar-refractivity contribution in [1.29, 1.82) is 0 Å². The number of likely N-dealkylation sites (tertiary alicyclic amines) is 1. The van der Waals surface area contributed by atoms with Crippen molar-refractivity contribution in [2.75, 3.05) is 23.3 Å². The summed E-state index contributed by atoms with van der Waals surface area (Å²) in [6.45, 7) is 4.71. The van der Waals surface area contributed by atoms with Crippen molar-refractivity contribution in [3.8, 4) is 0 Å². The molecule has 31 heavy (non-hydrogen) atoms. The van der Waals surface area contributed by atoms with E-state index in [2.05, 4.69) is 5.32 Å². The van der Waals surface area contributed by atoms with Gasteiger partial charge in [0, 0.05) is 19.0 Å². The SMILES string of the molecule is CC(OC(=O)C1CC(=O)N(C(C)C)C1)C(=O)N1CC(=O)Nc2cc(C(F)(F)F)ccc21. The summed E-state index contributed by atoms with van der Waals surface area (Å²) in [6.07, 6.45) is -5.93. The summed E-state index contributed by atoms with van der Waals surface area (Å²) in [5, 5.41) is 2.32. The van der Waals surface area contributed by atoms with Gasteiger partial charge in [0.15, 0.2) is 6.10 Å². The summed E-state index contributed by atoms with van der Waals surface area (Å²) in [5.41, 5.74) is -1.06. The van der Waals surface area contributed by atoms with Crippen molar-refractivity contribution < 1.29 is 37.1 Å². The van der Waals surface area contributed by atoms with Crippen molar-refractivity contribution in [3.05, 3.63) is 23.8 Å². The van der Waals surface area contributed by atoms with Gasteiger partial charge in [0.05, 0.1) is 22.9 Å². The molecule has 0 aromatic heterocycles. The lowest BCUT2D eigenvalue weighted by molar-refractivity contribution is -0.157. The second-order valence-electron chi connectivity index (χ2n) is 7.82. The van der Waals surface area contributed by atoms with Crippen LogP contribution < -0.4 is 10.2 Å². The third kappa shape index (κ3) is 4.64. The Hall–Kier alpha value is -3.11. The summed E-state index contributed by atoms with van der Waals surface area (Å²) >= 11 is 0. The van der Waals surface area contributed by atoms with Gasteiger partial charge < -0.3 is 15.0 Å². The highest BCUT2D eigenvalue weighted by molar-refractivity contribution is 6.11. The van der Waals surface area contributed by atoms with Gasteiger partial charge in [-0.05, 0) is 39.0 Å². The second kappa shape index (κ2) is 8.20. The number of ether oxygens (including phenoxy) is 1. The zero-order chi connectivity index (χ0) is 23.1. The topological polar surface area (TPSA) is 96.0 Å². The van der Waals surface area contributed by atoms with E-state index in [9.17, 15) is 32.3 Å². The Balaban J connectivity index is 1.73. The predicted molar refractivity (Wildman–Crippen MR) is 103 cm³/mol. The number of nitrogens with zero attached hydrogens (tertiary/aromatic N) is 2. The van der Waals surface area contributed by atoms with Gasteiger partial charge in [-0.1, -0.05) is 0 Å². The number of esters is 1. The van der Waals surface area contributed by atoms with Crippen LogP contribution in [0.15, 0.2) is 18.2 Å². The minimum absolute atomic E-state index is 0.0207. The molecular weight excluding hydrogens is 419 g/mol. The molecule has 0 saturated carbocycles. The molecule has 1 N–H and O–H groups in total. The Labute approximate surface area is 176 Å². The van der Waals surface area contributed by atoms with E-state index in [4.69, 9.17) is 4.74 Å². The molecule has 1 fully saturated rings. The van der Waals surface area contributed by atoms with Crippen LogP contribution in [-0.4, -0.2) is 53.8 Å². The van der Waals surface area contributed by atoms with Crippen LogP contribution in [0.5, 0.6) is 0 Å². The van der Waals surface area contributed by atoms with Gasteiger partial charge in [0.1, 0.15) is 6.54 Å². The first-order valence-corrected chi connectivity index (χ1v) is 9.71. The number of hydrogen-bond acceptors (Lipinski definition) is 5. The average molecular weight is 441 g/mol. The summed E-state index contributed by atoms with van der Waals surface area (Å²) in [6, 6.07) is 2.56. The minimum atomic E-state index is -4.61. The van der Waals surface area contributed by atoms with Crippen molar-refractivity contribution in [2.45, 2.75) is 45.5 Å². The number of carbonyl (C=O) groups excluding carboxylic acids is 4. The molecule has 8 nitrogen and oxygen atoms in total. The van der Waals surface area contributed by atoms with Crippen LogP contribution in [0.1, 0.15) is 32.8 Å². The number of hydrogen-bond donors (Lipinski definition) is 1. The van der Waals surface area contributed by atoms with Crippen LogP contribution in [0.4, 0.5) is 24.5 Å². The fraction of sp³-hybridized carbons (Fsp3) is 0.500. The van der Waals surface area contributed by atoms with E-state index in [1.165, 1.54) is 6.92 Å². The molecule has 0 aliphatic carbocycles. The molecule has 0 bridgehead atoms. The van der Waals surface area contributed by atoms with E-state index in [-0.39, 0.29) is 36.3 Å². The maximum atomic E-state index is 13.0. The first kappa shape index (κ1) is 22.6. The minimum Gasteiger partial charge on any atom is -0.452 e. The number of anilines is 2. The molecular formula is C20H22F3N3O5. The molecule has 2 aliphatic rings. The van der Waals surface area contributed by atoms with Gasteiger partial charge in [-0.25, -0.2) is 0 Å². The van der Waals surface area contributed by atoms with E-state index in [0.717, 1.165) is 23.1 Å². The van der Waals surface area contributed by atoms with E-state index < -0.39 is 48.1 Å². The Morgan fingerprint density at radius 2 is 1.87 bits per heavy atom. The summed E-state index contributed by atoms with van der Waals surface area (Å²) in [5.74, 6) is -3.04. The number of carbonyl (C=O) groups is 4. The molecule has 2 aliphatic heterocycles. The Morgan fingerprint density at radius 3 is 2.45 bits per heavy atom. The second-order valence-corrected chi connectivity index (χ2v) is 7.82. The molecule has 0 spiro atoms. The Kier molecular flexibility index (Phi) is 5.97. The zero-order valence-electron chi connectivity index (χ0n) is 17.2. The third-order valence-electron chi connectivity index (χ3n) is 5.21. The largest absolute Gasteiger partial charge is 0.452 e. The summed E-state index contributed by atoms with van der Waals surface area (Å²) in [4.78, 5) is 51.8. The third-order valence-corrected chi connectivity index (χ3v) is 5.21.